The number of halogens is 1. The molecule has 0 N–H and O–H groups in total. The molecule has 12 heavy (non-hydrogen) atoms. The highest BCUT2D eigenvalue weighted by atomic mass is 35.5. The van der Waals surface area contributed by atoms with E-state index in [1.165, 1.54) is 12.8 Å². The summed E-state index contributed by atoms with van der Waals surface area (Å²) in [6, 6.07) is 0. The lowest BCUT2D eigenvalue weighted by Crippen LogP contribution is -2.42. The van der Waals surface area contributed by atoms with Crippen LogP contribution in [0.3, 0.4) is 0 Å². The Hall–Kier alpha value is 0.250. The first kappa shape index (κ1) is 10.3. The minimum Gasteiger partial charge on any atom is -0.378 e. The van der Waals surface area contributed by atoms with Crippen LogP contribution in [0.15, 0.2) is 0 Å². The van der Waals surface area contributed by atoms with E-state index in [9.17, 15) is 0 Å². The van der Waals surface area contributed by atoms with E-state index in [-0.39, 0.29) is 0 Å². The molecule has 1 fully saturated rings. The minimum absolute atomic E-state index is 0.311. The van der Waals surface area contributed by atoms with Crippen LogP contribution in [0.1, 0.15) is 33.6 Å². The molecule has 2 heteroatoms. The minimum atomic E-state index is 0.311. The molecule has 0 bridgehead atoms. The molecule has 0 amide bonds. The Morgan fingerprint density at radius 2 is 2.08 bits per heavy atom. The summed E-state index contributed by atoms with van der Waals surface area (Å²) in [5.41, 5.74) is 0.311. The van der Waals surface area contributed by atoms with Crippen LogP contribution in [0.2, 0.25) is 0 Å². The van der Waals surface area contributed by atoms with Crippen molar-refractivity contribution in [2.75, 3.05) is 12.5 Å². The average molecular weight is 191 g/mol. The summed E-state index contributed by atoms with van der Waals surface area (Å²) in [5, 5.41) is 0. The highest BCUT2D eigenvalue weighted by Crippen LogP contribution is 2.46. The Morgan fingerprint density at radius 1 is 1.50 bits per heavy atom. The third kappa shape index (κ3) is 2.37. The summed E-state index contributed by atoms with van der Waals surface area (Å²) in [5.74, 6) is 1.60. The van der Waals surface area contributed by atoms with Crippen LogP contribution in [-0.2, 0) is 4.74 Å². The van der Waals surface area contributed by atoms with Gasteiger partial charge in [0.2, 0.25) is 0 Å². The lowest BCUT2D eigenvalue weighted by molar-refractivity contribution is -0.0422. The maximum absolute atomic E-state index is 5.93. The lowest BCUT2D eigenvalue weighted by atomic mass is 9.64. The predicted octanol–water partition coefficient (Wildman–Crippen LogP) is 3.07. The second-order valence-electron chi connectivity index (χ2n) is 4.51. The van der Waals surface area contributed by atoms with Gasteiger partial charge in [0.05, 0.1) is 12.7 Å². The molecular weight excluding hydrogens is 172 g/mol. The maximum atomic E-state index is 5.93. The second kappa shape index (κ2) is 3.97. The Kier molecular flexibility index (Phi) is 3.42. The van der Waals surface area contributed by atoms with Gasteiger partial charge in [0.25, 0.3) is 0 Å². The number of hydrogen-bond acceptors (Lipinski definition) is 1. The van der Waals surface area contributed by atoms with Gasteiger partial charge in [-0.2, -0.15) is 0 Å². The third-order valence-electron chi connectivity index (χ3n) is 2.57. The molecule has 0 aromatic rings. The van der Waals surface area contributed by atoms with E-state index in [1.54, 1.807) is 0 Å². The van der Waals surface area contributed by atoms with Crippen LogP contribution < -0.4 is 0 Å². The zero-order chi connectivity index (χ0) is 9.19. The van der Waals surface area contributed by atoms with Crippen molar-refractivity contribution in [3.63, 3.8) is 0 Å². The summed E-state index contributed by atoms with van der Waals surface area (Å²) in [4.78, 5) is 0. The number of alkyl halides is 1. The van der Waals surface area contributed by atoms with E-state index >= 15 is 0 Å². The number of ether oxygens (including phenoxy) is 1. The summed E-state index contributed by atoms with van der Waals surface area (Å²) < 4.78 is 5.60. The van der Waals surface area contributed by atoms with Crippen molar-refractivity contribution in [3.05, 3.63) is 0 Å². The van der Waals surface area contributed by atoms with Gasteiger partial charge in [0, 0.05) is 11.3 Å². The molecule has 72 valence electrons. The van der Waals surface area contributed by atoms with Crippen LogP contribution in [0.4, 0.5) is 0 Å². The normalized spacial score (nSPS) is 35.2. The van der Waals surface area contributed by atoms with Crippen LogP contribution in [0, 0.1) is 11.3 Å². The van der Waals surface area contributed by atoms with Gasteiger partial charge in [0.1, 0.15) is 0 Å². The standard InChI is InChI=1S/C10H19ClO/c1-8(2)12-7-10(6-11)4-9(3)5-10/h8-9H,4-7H2,1-3H3. The average Bonchev–Trinajstić information content (AvgIpc) is 1.95. The van der Waals surface area contributed by atoms with Crippen LogP contribution in [-0.4, -0.2) is 18.6 Å². The van der Waals surface area contributed by atoms with E-state index in [0.717, 1.165) is 18.4 Å². The summed E-state index contributed by atoms with van der Waals surface area (Å²) in [7, 11) is 0. The summed E-state index contributed by atoms with van der Waals surface area (Å²) in [6.07, 6.45) is 2.81. The Balaban J connectivity index is 2.27. The smallest absolute Gasteiger partial charge is 0.0537 e. The first-order valence-corrected chi connectivity index (χ1v) is 5.29. The van der Waals surface area contributed by atoms with E-state index in [1.807, 2.05) is 0 Å². The van der Waals surface area contributed by atoms with E-state index < -0.39 is 0 Å². The molecule has 1 saturated carbocycles. The van der Waals surface area contributed by atoms with Gasteiger partial charge in [-0.1, -0.05) is 6.92 Å². The molecule has 0 saturated heterocycles. The van der Waals surface area contributed by atoms with Gasteiger partial charge < -0.3 is 4.74 Å². The highest BCUT2D eigenvalue weighted by Gasteiger charge is 2.41. The van der Waals surface area contributed by atoms with Gasteiger partial charge in [-0.3, -0.25) is 0 Å². The van der Waals surface area contributed by atoms with E-state index in [4.69, 9.17) is 16.3 Å². The Bertz CT molecular complexity index is 139. The van der Waals surface area contributed by atoms with Crippen molar-refractivity contribution < 1.29 is 4.74 Å². The van der Waals surface area contributed by atoms with Crippen molar-refractivity contribution in [2.45, 2.75) is 39.7 Å². The van der Waals surface area contributed by atoms with Gasteiger partial charge in [-0.25, -0.2) is 0 Å². The first-order chi connectivity index (χ1) is 5.58. The molecule has 0 unspecified atom stereocenters. The van der Waals surface area contributed by atoms with Gasteiger partial charge in [0.15, 0.2) is 0 Å². The van der Waals surface area contributed by atoms with E-state index in [0.29, 0.717) is 11.5 Å². The lowest BCUT2D eigenvalue weighted by Gasteiger charge is -2.45. The zero-order valence-corrected chi connectivity index (χ0v) is 9.03. The van der Waals surface area contributed by atoms with Crippen molar-refractivity contribution >= 4 is 11.6 Å². The van der Waals surface area contributed by atoms with Gasteiger partial charge >= 0.3 is 0 Å². The van der Waals surface area contributed by atoms with E-state index in [2.05, 4.69) is 20.8 Å². The second-order valence-corrected chi connectivity index (χ2v) is 4.77. The molecule has 0 spiro atoms. The quantitative estimate of drug-likeness (QED) is 0.620. The molecule has 0 atom stereocenters. The highest BCUT2D eigenvalue weighted by molar-refractivity contribution is 6.18. The first-order valence-electron chi connectivity index (χ1n) is 4.75. The summed E-state index contributed by atoms with van der Waals surface area (Å²) >= 11 is 5.93. The monoisotopic (exact) mass is 190 g/mol. The fraction of sp³-hybridized carbons (Fsp3) is 1.00. The third-order valence-corrected chi connectivity index (χ3v) is 3.14. The molecule has 1 aliphatic rings. The van der Waals surface area contributed by atoms with Gasteiger partial charge in [-0.15, -0.1) is 11.6 Å². The molecule has 0 aromatic heterocycles. The molecule has 0 radical (unpaired) electrons. The largest absolute Gasteiger partial charge is 0.378 e. The molecular formula is C10H19ClO. The van der Waals surface area contributed by atoms with Crippen LogP contribution >= 0.6 is 11.6 Å². The Labute approximate surface area is 80.4 Å². The van der Waals surface area contributed by atoms with Crippen molar-refractivity contribution in [1.29, 1.82) is 0 Å². The Morgan fingerprint density at radius 3 is 2.42 bits per heavy atom. The topological polar surface area (TPSA) is 9.23 Å². The maximum Gasteiger partial charge on any atom is 0.0537 e. The summed E-state index contributed by atoms with van der Waals surface area (Å²) in [6.45, 7) is 7.27. The van der Waals surface area contributed by atoms with Crippen LogP contribution in [0.25, 0.3) is 0 Å². The molecule has 0 heterocycles. The predicted molar refractivity (Wildman–Crippen MR) is 52.6 cm³/mol. The molecule has 1 aliphatic carbocycles. The van der Waals surface area contributed by atoms with Crippen molar-refractivity contribution in [1.82, 2.24) is 0 Å². The zero-order valence-electron chi connectivity index (χ0n) is 8.27. The fourth-order valence-corrected chi connectivity index (χ4v) is 2.32. The number of hydrogen-bond donors (Lipinski definition) is 0. The van der Waals surface area contributed by atoms with Gasteiger partial charge in [-0.05, 0) is 32.6 Å². The molecule has 0 aromatic carbocycles. The van der Waals surface area contributed by atoms with Crippen molar-refractivity contribution in [2.24, 2.45) is 11.3 Å². The molecule has 0 aliphatic heterocycles. The SMILES string of the molecule is CC1CC(CCl)(COC(C)C)C1. The fourth-order valence-electron chi connectivity index (χ4n) is 2.03. The van der Waals surface area contributed by atoms with Crippen molar-refractivity contribution in [3.8, 4) is 0 Å². The van der Waals surface area contributed by atoms with Crippen LogP contribution in [0.5, 0.6) is 0 Å². The molecule has 1 nitrogen and oxygen atoms in total. The molecule has 1 rings (SSSR count). The number of rotatable bonds is 4.